The Morgan fingerprint density at radius 3 is 2.12 bits per heavy atom. The van der Waals surface area contributed by atoms with Gasteiger partial charge in [-0.3, -0.25) is 19.2 Å². The van der Waals surface area contributed by atoms with Crippen molar-refractivity contribution in [3.8, 4) is 0 Å². The van der Waals surface area contributed by atoms with Gasteiger partial charge in [-0.25, -0.2) is 9.59 Å². The van der Waals surface area contributed by atoms with Crippen LogP contribution in [0.15, 0.2) is 47.4 Å². The molecule has 0 saturated carbocycles. The summed E-state index contributed by atoms with van der Waals surface area (Å²) in [5, 5.41) is 3.46. The summed E-state index contributed by atoms with van der Waals surface area (Å²) < 4.78 is 85.4. The van der Waals surface area contributed by atoms with Crippen LogP contribution in [-0.2, 0) is 23.6 Å². The van der Waals surface area contributed by atoms with Gasteiger partial charge in [0.25, 0.3) is 0 Å². The van der Waals surface area contributed by atoms with Gasteiger partial charge in [-0.15, -0.1) is 0 Å². The van der Waals surface area contributed by atoms with E-state index in [4.69, 9.17) is 5.73 Å². The topological polar surface area (TPSA) is 136 Å². The molecule has 0 aliphatic carbocycles. The van der Waals surface area contributed by atoms with E-state index in [0.717, 1.165) is 43.4 Å². The molecule has 5 aliphatic rings. The molecule has 12 nitrogen and oxygen atoms in total. The molecule has 2 bridgehead atoms. The van der Waals surface area contributed by atoms with E-state index < -0.39 is 59.1 Å². The number of H-pyrrole nitrogens is 1. The first-order chi connectivity index (χ1) is 26.7. The molecular weight excluding hydrogens is 744 g/mol. The lowest BCUT2D eigenvalue weighted by molar-refractivity contribution is -0.141. The highest BCUT2D eigenvalue weighted by Crippen LogP contribution is 2.42. The second-order valence-corrected chi connectivity index (χ2v) is 15.4. The Labute approximate surface area is 317 Å². The summed E-state index contributed by atoms with van der Waals surface area (Å²) in [7, 11) is 0. The minimum atomic E-state index is -5.20. The Morgan fingerprint density at radius 2 is 1.52 bits per heavy atom. The SMILES string of the molecule is Nc1c(C(F)(F)F)cc(C[C@@H](NC(=O)N2CCC(n3c(=O)[nH]c4c5ccccc5ncc43)CC2)C(=O)N2CCN(C3CN4CCC3CC4)CC2)cc1C(F)(F)F. The summed E-state index contributed by atoms with van der Waals surface area (Å²) in [5.74, 6) is -0.0217. The number of urea groups is 1. The number of hydrogen-bond donors (Lipinski definition) is 3. The fraction of sp³-hybridized carbons (Fsp3) is 0.526. The third-order valence-electron chi connectivity index (χ3n) is 12.2. The first-order valence-electron chi connectivity index (χ1n) is 19.0. The van der Waals surface area contributed by atoms with E-state index in [9.17, 15) is 40.7 Å². The van der Waals surface area contributed by atoms with Gasteiger partial charge < -0.3 is 30.7 Å². The van der Waals surface area contributed by atoms with Crippen LogP contribution in [0, 0.1) is 5.92 Å². The number of likely N-dealkylation sites (tertiary alicyclic amines) is 1. The lowest BCUT2D eigenvalue weighted by Crippen LogP contribution is -2.63. The van der Waals surface area contributed by atoms with E-state index in [1.807, 2.05) is 24.3 Å². The predicted molar refractivity (Wildman–Crippen MR) is 196 cm³/mol. The Kier molecular flexibility index (Phi) is 9.91. The summed E-state index contributed by atoms with van der Waals surface area (Å²) in [6.45, 7) is 5.18. The number of pyridine rings is 1. The largest absolute Gasteiger partial charge is 0.418 e. The molecule has 7 heterocycles. The van der Waals surface area contributed by atoms with Crippen molar-refractivity contribution in [2.45, 2.75) is 62.6 Å². The van der Waals surface area contributed by atoms with Crippen LogP contribution < -0.4 is 16.7 Å². The van der Waals surface area contributed by atoms with E-state index in [2.05, 4.69) is 25.1 Å². The van der Waals surface area contributed by atoms with Crippen LogP contribution in [0.4, 0.5) is 36.8 Å². The van der Waals surface area contributed by atoms with Crippen molar-refractivity contribution >= 4 is 39.6 Å². The minimum Gasteiger partial charge on any atom is -0.398 e. The predicted octanol–water partition coefficient (Wildman–Crippen LogP) is 4.69. The number of halogens is 6. The van der Waals surface area contributed by atoms with Crippen LogP contribution in [-0.4, -0.2) is 117 Å². The molecule has 2 aromatic heterocycles. The van der Waals surface area contributed by atoms with Crippen molar-refractivity contribution < 1.29 is 35.9 Å². The number of benzene rings is 2. The molecule has 5 aliphatic heterocycles. The molecule has 300 valence electrons. The number of carbonyl (C=O) groups excluding carboxylic acids is 2. The first-order valence-corrected chi connectivity index (χ1v) is 19.0. The smallest absolute Gasteiger partial charge is 0.398 e. The number of anilines is 1. The standard InChI is InChI=1S/C38H43F6N9O3/c39-37(40,41)26-17-22(18-27(32(26)45)38(42,43)44)19-29(34(54)51-15-13-50(14-16-51)31-21-49-9-5-23(31)6-10-49)47-35(55)52-11-7-24(8-12-52)53-30-20-46-28-4-2-1-3-25(28)33(30)48-36(53)56/h1-4,17-18,20,23-24,29,31H,5-16,19,21,45H2,(H,47,55)(H,48,56)/t29-,31?/m1/s1. The molecule has 4 N–H and O–H groups in total. The number of imidazole rings is 1. The number of rotatable bonds is 6. The lowest BCUT2D eigenvalue weighted by atomic mass is 9.83. The van der Waals surface area contributed by atoms with Crippen LogP contribution in [0.2, 0.25) is 0 Å². The second-order valence-electron chi connectivity index (χ2n) is 15.4. The summed E-state index contributed by atoms with van der Waals surface area (Å²) >= 11 is 0. The quantitative estimate of drug-likeness (QED) is 0.191. The number of piperazine rings is 1. The van der Waals surface area contributed by atoms with Crippen molar-refractivity contribution in [2.75, 3.05) is 64.6 Å². The molecule has 4 aromatic rings. The Hall–Kier alpha value is -4.84. The number of carbonyl (C=O) groups is 2. The zero-order valence-corrected chi connectivity index (χ0v) is 30.5. The molecule has 0 spiro atoms. The lowest BCUT2D eigenvalue weighted by Gasteiger charge is -2.51. The number of nitrogens with zero attached hydrogens (tertiary/aromatic N) is 6. The molecule has 3 amide bonds. The number of nitrogen functional groups attached to an aromatic ring is 1. The molecule has 18 heteroatoms. The molecule has 0 radical (unpaired) electrons. The van der Waals surface area contributed by atoms with Crippen LogP contribution >= 0.6 is 0 Å². The normalized spacial score (nSPS) is 23.2. The average Bonchev–Trinajstić information content (AvgIpc) is 3.53. The van der Waals surface area contributed by atoms with Crippen LogP contribution in [0.3, 0.4) is 0 Å². The maximum atomic E-state index is 14.2. The van der Waals surface area contributed by atoms with E-state index in [1.165, 1.54) is 9.80 Å². The zero-order chi connectivity index (χ0) is 39.5. The summed E-state index contributed by atoms with van der Waals surface area (Å²) in [6, 6.07) is 6.37. The molecule has 1 unspecified atom stereocenters. The van der Waals surface area contributed by atoms with Gasteiger partial charge in [-0.2, -0.15) is 26.3 Å². The van der Waals surface area contributed by atoms with Crippen molar-refractivity contribution in [1.82, 2.24) is 39.5 Å². The van der Waals surface area contributed by atoms with Gasteiger partial charge in [0.15, 0.2) is 0 Å². The highest BCUT2D eigenvalue weighted by Gasteiger charge is 2.43. The minimum absolute atomic E-state index is 0.175. The molecule has 2 aromatic carbocycles. The molecule has 9 rings (SSSR count). The van der Waals surface area contributed by atoms with Crippen molar-refractivity contribution in [3.63, 3.8) is 0 Å². The molecule has 2 atom stereocenters. The highest BCUT2D eigenvalue weighted by atomic mass is 19.4. The fourth-order valence-corrected chi connectivity index (χ4v) is 9.23. The maximum absolute atomic E-state index is 14.2. The number of para-hydroxylation sites is 1. The van der Waals surface area contributed by atoms with E-state index in [-0.39, 0.29) is 24.8 Å². The van der Waals surface area contributed by atoms with Gasteiger partial charge >= 0.3 is 24.1 Å². The third-order valence-corrected chi connectivity index (χ3v) is 12.2. The van der Waals surface area contributed by atoms with Gasteiger partial charge in [0, 0.05) is 69.7 Å². The second kappa shape index (κ2) is 14.6. The van der Waals surface area contributed by atoms with E-state index >= 15 is 0 Å². The highest BCUT2D eigenvalue weighted by molar-refractivity contribution is 6.01. The number of piperidine rings is 4. The van der Waals surface area contributed by atoms with E-state index in [0.29, 0.717) is 74.1 Å². The number of nitrogens with two attached hydrogens (primary N) is 1. The molecule has 56 heavy (non-hydrogen) atoms. The van der Waals surface area contributed by atoms with Crippen molar-refractivity contribution in [3.05, 3.63) is 69.8 Å². The monoisotopic (exact) mass is 787 g/mol. The van der Waals surface area contributed by atoms with E-state index in [1.54, 1.807) is 10.8 Å². The Balaban J connectivity index is 1.01. The number of aromatic nitrogens is 3. The third kappa shape index (κ3) is 7.28. The Morgan fingerprint density at radius 1 is 0.875 bits per heavy atom. The van der Waals surface area contributed by atoms with Gasteiger partial charge in [0.1, 0.15) is 6.04 Å². The molecule has 5 saturated heterocycles. The number of amides is 3. The van der Waals surface area contributed by atoms with Gasteiger partial charge in [-0.1, -0.05) is 18.2 Å². The van der Waals surface area contributed by atoms with Crippen molar-refractivity contribution in [2.24, 2.45) is 5.92 Å². The first kappa shape index (κ1) is 38.1. The van der Waals surface area contributed by atoms with Crippen LogP contribution in [0.25, 0.3) is 21.9 Å². The number of hydrogen-bond acceptors (Lipinski definition) is 7. The molecular formula is C38H43F6N9O3. The number of alkyl halides is 6. The van der Waals surface area contributed by atoms with Crippen LogP contribution in [0.1, 0.15) is 48.4 Å². The summed E-state index contributed by atoms with van der Waals surface area (Å²) in [4.78, 5) is 56.4. The van der Waals surface area contributed by atoms with Gasteiger partial charge in [0.05, 0.1) is 39.6 Å². The number of nitrogens with one attached hydrogen (secondary N) is 2. The maximum Gasteiger partial charge on any atom is 0.418 e. The fourth-order valence-electron chi connectivity index (χ4n) is 9.23. The number of aromatic amines is 1. The van der Waals surface area contributed by atoms with Crippen molar-refractivity contribution in [1.29, 1.82) is 0 Å². The summed E-state index contributed by atoms with van der Waals surface area (Å²) in [6.07, 6.45) is -6.42. The van der Waals surface area contributed by atoms with Gasteiger partial charge in [0.2, 0.25) is 5.91 Å². The van der Waals surface area contributed by atoms with Crippen LogP contribution in [0.5, 0.6) is 0 Å². The molecule has 5 fully saturated rings. The Bertz CT molecular complexity index is 2140. The average molecular weight is 788 g/mol. The zero-order valence-electron chi connectivity index (χ0n) is 30.5. The number of fused-ring (bicyclic) bond motifs is 6. The van der Waals surface area contributed by atoms with Gasteiger partial charge in [-0.05, 0) is 68.5 Å². The summed E-state index contributed by atoms with van der Waals surface area (Å²) in [5.41, 5.74) is 1.85.